The Morgan fingerprint density at radius 1 is 0.963 bits per heavy atom. The lowest BCUT2D eigenvalue weighted by molar-refractivity contribution is -0.142. The first-order valence-corrected chi connectivity index (χ1v) is 18.3. The molecule has 3 amide bonds. The van der Waals surface area contributed by atoms with Crippen LogP contribution in [0.1, 0.15) is 56.1 Å². The van der Waals surface area contributed by atoms with Gasteiger partial charge in [0, 0.05) is 17.7 Å². The maximum atomic E-state index is 14.6. The summed E-state index contributed by atoms with van der Waals surface area (Å²) in [6.45, 7) is 2.68. The number of aryl methyl sites for hydroxylation is 1. The second-order valence-electron chi connectivity index (χ2n) is 13.6. The van der Waals surface area contributed by atoms with Gasteiger partial charge in [0.2, 0.25) is 11.9 Å². The predicted molar refractivity (Wildman–Crippen MR) is 201 cm³/mol. The van der Waals surface area contributed by atoms with Crippen LogP contribution in [0.2, 0.25) is 0 Å². The number of amides is 3. The molecule has 1 fully saturated rings. The minimum atomic E-state index is -1.14. The van der Waals surface area contributed by atoms with Gasteiger partial charge in [0.15, 0.2) is 18.5 Å². The van der Waals surface area contributed by atoms with Crippen molar-refractivity contribution in [3.63, 3.8) is 0 Å². The van der Waals surface area contributed by atoms with Crippen molar-refractivity contribution in [2.75, 3.05) is 27.3 Å². The molecule has 283 valence electrons. The van der Waals surface area contributed by atoms with Gasteiger partial charge in [0.1, 0.15) is 23.4 Å². The summed E-state index contributed by atoms with van der Waals surface area (Å²) in [5.41, 5.74) is 2.78. The van der Waals surface area contributed by atoms with E-state index >= 15 is 0 Å². The fourth-order valence-corrected chi connectivity index (χ4v) is 6.97. The maximum absolute atomic E-state index is 14.6. The van der Waals surface area contributed by atoms with E-state index in [1.165, 1.54) is 17.0 Å². The van der Waals surface area contributed by atoms with Gasteiger partial charge >= 0.3 is 12.0 Å². The van der Waals surface area contributed by atoms with Gasteiger partial charge < -0.3 is 24.6 Å². The van der Waals surface area contributed by atoms with E-state index in [2.05, 4.69) is 5.32 Å². The molecule has 1 aromatic heterocycles. The second kappa shape index (κ2) is 17.5. The number of carbonyl (C=O) groups excluding carboxylic acids is 2. The minimum Gasteiger partial charge on any atom is -0.497 e. The van der Waals surface area contributed by atoms with Crippen LogP contribution in [-0.2, 0) is 16.1 Å². The van der Waals surface area contributed by atoms with E-state index < -0.39 is 35.9 Å². The number of allylic oxidation sites excluding steroid dienone is 2. The molecule has 0 spiro atoms. The van der Waals surface area contributed by atoms with Crippen LogP contribution in [0.15, 0.2) is 72.8 Å². The van der Waals surface area contributed by atoms with E-state index in [-0.39, 0.29) is 31.3 Å². The number of carboxylic acids is 1. The molecule has 12 nitrogen and oxygen atoms in total. The fourth-order valence-electron chi connectivity index (χ4n) is 6.97. The maximum Gasteiger partial charge on any atom is 0.468 e. The second-order valence-corrected chi connectivity index (χ2v) is 13.6. The van der Waals surface area contributed by atoms with Crippen LogP contribution in [0, 0.1) is 12.7 Å². The molecule has 4 aromatic rings. The SMILES string of the molecule is COc1ccc(CN2CCCCCC=CCCC(C(=O)O)NC(=O)C3CC(Oc4nc(-c5ccc(F)cc5)nc5c(C)c(OC)ccc45)C[N+]3C2=O)cc1. The molecule has 0 bridgehead atoms. The van der Waals surface area contributed by atoms with Gasteiger partial charge in [-0.25, -0.2) is 19.0 Å². The van der Waals surface area contributed by atoms with Gasteiger partial charge in [0.25, 0.3) is 5.91 Å². The van der Waals surface area contributed by atoms with Gasteiger partial charge in [-0.2, -0.15) is 4.98 Å². The van der Waals surface area contributed by atoms with Gasteiger partial charge in [-0.3, -0.25) is 9.69 Å². The Morgan fingerprint density at radius 2 is 1.72 bits per heavy atom. The highest BCUT2D eigenvalue weighted by atomic mass is 19.1. The summed E-state index contributed by atoms with van der Waals surface area (Å²) in [6, 6.07) is 14.4. The molecule has 0 aliphatic carbocycles. The van der Waals surface area contributed by atoms with Crippen LogP contribution in [0.25, 0.3) is 22.3 Å². The Morgan fingerprint density at radius 3 is 2.44 bits per heavy atom. The quantitative estimate of drug-likeness (QED) is 0.152. The summed E-state index contributed by atoms with van der Waals surface area (Å²) >= 11 is 0. The molecule has 1 saturated heterocycles. The average molecular weight is 740 g/mol. The van der Waals surface area contributed by atoms with Crippen LogP contribution in [0.4, 0.5) is 9.18 Å². The third kappa shape index (κ3) is 8.96. The predicted octanol–water partition coefficient (Wildman–Crippen LogP) is 6.52. The molecule has 0 saturated carbocycles. The zero-order chi connectivity index (χ0) is 38.2. The minimum absolute atomic E-state index is 0.0447. The number of urea groups is 1. The van der Waals surface area contributed by atoms with Crippen molar-refractivity contribution in [2.45, 2.75) is 76.6 Å². The van der Waals surface area contributed by atoms with Gasteiger partial charge in [0.05, 0.1) is 38.1 Å². The third-order valence-corrected chi connectivity index (χ3v) is 9.95. The molecule has 2 aliphatic heterocycles. The smallest absolute Gasteiger partial charge is 0.468 e. The summed E-state index contributed by atoms with van der Waals surface area (Å²) in [5.74, 6) is -0.269. The van der Waals surface area contributed by atoms with Crippen molar-refractivity contribution in [3.05, 3.63) is 89.8 Å². The van der Waals surface area contributed by atoms with Crippen LogP contribution in [0.5, 0.6) is 17.4 Å². The molecule has 2 aliphatic rings. The standard InChI is InChI=1S/C41H46FN5O7/c1-26-35(53-3)21-20-32-36(26)44-37(28-14-16-29(42)17-15-28)45-39(32)54-31-23-34-38(48)43-33(40(49)50)11-9-7-5-4-6-8-10-22-46(41(51)47(34)25-31)24-27-12-18-30(52-2)19-13-27/h5,7,12-21,31,33-34H,4,6,8-11,22-25H2,1-3H3,(H,43,48)(H,49,50)/q+1. The zero-order valence-corrected chi connectivity index (χ0v) is 30.8. The van der Waals surface area contributed by atoms with Crippen molar-refractivity contribution in [1.82, 2.24) is 25.1 Å². The number of aromatic nitrogens is 2. The van der Waals surface area contributed by atoms with Crippen LogP contribution < -0.4 is 24.4 Å². The van der Waals surface area contributed by atoms with E-state index in [1.54, 1.807) is 43.4 Å². The molecular weight excluding hydrogens is 693 g/mol. The highest BCUT2D eigenvalue weighted by molar-refractivity contribution is 5.92. The highest BCUT2D eigenvalue weighted by Gasteiger charge is 2.53. The Labute approximate surface area is 313 Å². The molecule has 3 heterocycles. The molecule has 13 heteroatoms. The Hall–Kier alpha value is -5.56. The zero-order valence-electron chi connectivity index (χ0n) is 30.8. The van der Waals surface area contributed by atoms with Gasteiger partial charge in [-0.1, -0.05) is 35.6 Å². The normalized spacial score (nSPS) is 20.4. The number of hydrogen-bond donors (Lipinski definition) is 2. The Balaban J connectivity index is 1.36. The number of nitrogens with one attached hydrogen (secondary N) is 1. The van der Waals surface area contributed by atoms with Crippen molar-refractivity contribution in [3.8, 4) is 28.8 Å². The lowest BCUT2D eigenvalue weighted by Crippen LogP contribution is -2.56. The van der Waals surface area contributed by atoms with Crippen molar-refractivity contribution in [1.29, 1.82) is 0 Å². The van der Waals surface area contributed by atoms with E-state index in [1.807, 2.05) is 43.3 Å². The Kier molecular flexibility index (Phi) is 12.4. The highest BCUT2D eigenvalue weighted by Crippen LogP contribution is 2.35. The van der Waals surface area contributed by atoms with E-state index in [9.17, 15) is 23.9 Å². The molecule has 1 radical (unpaired) electrons. The number of carboxylic acid groups (broad SMARTS) is 1. The van der Waals surface area contributed by atoms with Crippen LogP contribution in [-0.4, -0.2) is 83.4 Å². The number of methoxy groups -OCH3 is 2. The van der Waals surface area contributed by atoms with E-state index in [4.69, 9.17) is 24.2 Å². The van der Waals surface area contributed by atoms with Crippen LogP contribution in [0.3, 0.4) is 0 Å². The Bertz CT molecular complexity index is 1990. The number of rotatable bonds is 8. The van der Waals surface area contributed by atoms with Crippen molar-refractivity contribution >= 4 is 28.8 Å². The molecule has 3 unspecified atom stereocenters. The number of benzene rings is 3. The summed E-state index contributed by atoms with van der Waals surface area (Å²) < 4.78 is 31.4. The van der Waals surface area contributed by atoms with Crippen molar-refractivity contribution in [2.24, 2.45) is 0 Å². The average Bonchev–Trinajstić information content (AvgIpc) is 3.60. The third-order valence-electron chi connectivity index (χ3n) is 9.95. The summed E-state index contributed by atoms with van der Waals surface area (Å²) in [7, 11) is 3.16. The molecule has 6 rings (SSSR count). The first-order valence-electron chi connectivity index (χ1n) is 18.3. The lowest BCUT2D eigenvalue weighted by Gasteiger charge is -2.24. The first-order chi connectivity index (χ1) is 26.1. The molecular formula is C41H46FN5O7+. The molecule has 2 N–H and O–H groups in total. The molecule has 54 heavy (non-hydrogen) atoms. The number of nitrogens with zero attached hydrogens (tertiary/aromatic N) is 4. The first kappa shape index (κ1) is 38.2. The lowest BCUT2D eigenvalue weighted by atomic mass is 10.1. The number of aliphatic carboxylic acids is 1. The van der Waals surface area contributed by atoms with Gasteiger partial charge in [-0.15, -0.1) is 0 Å². The fraction of sp³-hybridized carbons (Fsp3) is 0.390. The summed E-state index contributed by atoms with van der Waals surface area (Å²) in [4.78, 5) is 53.7. The van der Waals surface area contributed by atoms with Crippen LogP contribution >= 0.6 is 0 Å². The monoisotopic (exact) mass is 739 g/mol. The topological polar surface area (TPSA) is 146 Å². The molecule has 3 atom stereocenters. The van der Waals surface area contributed by atoms with Gasteiger partial charge in [-0.05, 0) is 93.1 Å². The summed E-state index contributed by atoms with van der Waals surface area (Å²) in [5, 5.41) is 13.3. The number of carbonyl (C=O) groups is 3. The van der Waals surface area contributed by atoms with E-state index in [0.717, 1.165) is 36.8 Å². The number of ether oxygens (including phenoxy) is 3. The molecule has 3 aromatic carbocycles. The van der Waals surface area contributed by atoms with E-state index in [0.29, 0.717) is 53.3 Å². The largest absolute Gasteiger partial charge is 0.497 e. The number of hydrogen-bond acceptors (Lipinski definition) is 8. The summed E-state index contributed by atoms with van der Waals surface area (Å²) in [6.07, 6.45) is 7.55. The number of fused-ring (bicyclic) bond motifs is 2. The van der Waals surface area contributed by atoms with Crippen molar-refractivity contribution < 1.29 is 38.1 Å². The number of halogens is 1.